The van der Waals surface area contributed by atoms with Crippen LogP contribution in [-0.2, 0) is 11.8 Å². The highest BCUT2D eigenvalue weighted by atomic mass is 35.5. The van der Waals surface area contributed by atoms with E-state index in [-0.39, 0.29) is 37.0 Å². The molecule has 2 rings (SSSR count). The zero-order valence-corrected chi connectivity index (χ0v) is 10.9. The summed E-state index contributed by atoms with van der Waals surface area (Å²) in [5.41, 5.74) is 0. The van der Waals surface area contributed by atoms with Gasteiger partial charge in [0, 0.05) is 7.05 Å². The number of hydrogen-bond donors (Lipinski definition) is 1. The molecule has 7 heteroatoms. The third-order valence-corrected chi connectivity index (χ3v) is 2.37. The maximum atomic E-state index is 5.73. The van der Waals surface area contributed by atoms with Crippen molar-refractivity contribution in [3.05, 3.63) is 12.4 Å². The first-order chi connectivity index (χ1) is 6.79. The molecule has 0 aromatic carbocycles. The second-order valence-corrected chi connectivity index (χ2v) is 3.44. The molecule has 0 spiro atoms. The van der Waals surface area contributed by atoms with Crippen LogP contribution in [0.3, 0.4) is 0 Å². The minimum atomic E-state index is 0. The van der Waals surface area contributed by atoms with Crippen molar-refractivity contribution in [2.75, 3.05) is 20.3 Å². The lowest BCUT2D eigenvalue weighted by molar-refractivity contribution is 0.139. The maximum absolute atomic E-state index is 5.73. The second kappa shape index (κ2) is 6.96. The van der Waals surface area contributed by atoms with Crippen molar-refractivity contribution in [1.29, 1.82) is 0 Å². The van der Waals surface area contributed by atoms with Crippen LogP contribution in [0.5, 0.6) is 5.75 Å². The summed E-state index contributed by atoms with van der Waals surface area (Å²) in [6.07, 6.45) is 3.65. The van der Waals surface area contributed by atoms with E-state index in [4.69, 9.17) is 9.47 Å². The molecule has 0 amide bonds. The fourth-order valence-electron chi connectivity index (χ4n) is 1.55. The fraction of sp³-hybridized carbons (Fsp3) is 0.667. The van der Waals surface area contributed by atoms with Gasteiger partial charge in [0.2, 0.25) is 0 Å². The molecule has 1 aliphatic heterocycles. The Morgan fingerprint density at radius 1 is 1.50 bits per heavy atom. The van der Waals surface area contributed by atoms with E-state index < -0.39 is 0 Å². The van der Waals surface area contributed by atoms with Crippen LogP contribution in [0.15, 0.2) is 12.4 Å². The van der Waals surface area contributed by atoms with Crippen molar-refractivity contribution >= 4 is 24.8 Å². The standard InChI is InChI=1S/C9H15N3O2.2ClH/c1-10-8-5-13-6-9(8)14-7-3-11-12(2)4-7;;/h3-4,8-10H,5-6H2,1-2H3;2*1H/t8-,9+;;/m1../s1. The molecule has 1 aromatic heterocycles. The number of rotatable bonds is 3. The lowest BCUT2D eigenvalue weighted by Crippen LogP contribution is -2.39. The third-order valence-electron chi connectivity index (χ3n) is 2.37. The van der Waals surface area contributed by atoms with Crippen LogP contribution in [0.4, 0.5) is 0 Å². The number of likely N-dealkylation sites (N-methyl/N-ethyl adjacent to an activating group) is 1. The highest BCUT2D eigenvalue weighted by molar-refractivity contribution is 5.85. The average Bonchev–Trinajstić information content (AvgIpc) is 2.76. The molecular formula is C9H17Cl2N3O2. The van der Waals surface area contributed by atoms with Crippen LogP contribution < -0.4 is 10.1 Å². The Balaban J connectivity index is 0.00000112. The summed E-state index contributed by atoms with van der Waals surface area (Å²) in [5, 5.41) is 7.20. The minimum Gasteiger partial charge on any atom is -0.483 e. The van der Waals surface area contributed by atoms with E-state index in [0.717, 1.165) is 5.75 Å². The molecule has 16 heavy (non-hydrogen) atoms. The quantitative estimate of drug-likeness (QED) is 0.875. The summed E-state index contributed by atoms with van der Waals surface area (Å²) >= 11 is 0. The summed E-state index contributed by atoms with van der Waals surface area (Å²) in [5.74, 6) is 0.795. The van der Waals surface area contributed by atoms with Crippen LogP contribution in [-0.4, -0.2) is 42.2 Å². The van der Waals surface area contributed by atoms with Gasteiger partial charge in [-0.05, 0) is 7.05 Å². The van der Waals surface area contributed by atoms with Gasteiger partial charge in [-0.2, -0.15) is 5.10 Å². The summed E-state index contributed by atoms with van der Waals surface area (Å²) < 4.78 is 12.8. The van der Waals surface area contributed by atoms with Gasteiger partial charge in [0.25, 0.3) is 0 Å². The lowest BCUT2D eigenvalue weighted by atomic mass is 10.2. The number of nitrogens with zero attached hydrogens (tertiary/aromatic N) is 2. The molecule has 0 radical (unpaired) electrons. The van der Waals surface area contributed by atoms with Gasteiger partial charge in [0.05, 0.1) is 31.6 Å². The zero-order valence-electron chi connectivity index (χ0n) is 9.25. The van der Waals surface area contributed by atoms with Crippen molar-refractivity contribution < 1.29 is 9.47 Å². The average molecular weight is 270 g/mol. The smallest absolute Gasteiger partial charge is 0.157 e. The van der Waals surface area contributed by atoms with Crippen LogP contribution >= 0.6 is 24.8 Å². The van der Waals surface area contributed by atoms with Gasteiger partial charge in [-0.15, -0.1) is 24.8 Å². The molecule has 1 aromatic rings. The van der Waals surface area contributed by atoms with Crippen LogP contribution in [0, 0.1) is 0 Å². The molecule has 0 unspecified atom stereocenters. The Bertz CT molecular complexity index is 309. The normalized spacial score (nSPS) is 23.4. The van der Waals surface area contributed by atoms with Gasteiger partial charge in [-0.25, -0.2) is 0 Å². The second-order valence-electron chi connectivity index (χ2n) is 3.44. The molecule has 1 aliphatic rings. The predicted molar refractivity (Wildman–Crippen MR) is 65.8 cm³/mol. The van der Waals surface area contributed by atoms with E-state index >= 15 is 0 Å². The molecule has 0 saturated carbocycles. The molecular weight excluding hydrogens is 253 g/mol. The van der Waals surface area contributed by atoms with Gasteiger partial charge in [0.1, 0.15) is 6.10 Å². The van der Waals surface area contributed by atoms with Crippen molar-refractivity contribution in [2.45, 2.75) is 12.1 Å². The van der Waals surface area contributed by atoms with Gasteiger partial charge in [-0.3, -0.25) is 4.68 Å². The summed E-state index contributed by atoms with van der Waals surface area (Å²) in [4.78, 5) is 0. The van der Waals surface area contributed by atoms with Crippen molar-refractivity contribution in [1.82, 2.24) is 15.1 Å². The first-order valence-corrected chi connectivity index (χ1v) is 4.70. The molecule has 0 aliphatic carbocycles. The number of nitrogens with one attached hydrogen (secondary N) is 1. The Morgan fingerprint density at radius 2 is 2.25 bits per heavy atom. The molecule has 5 nitrogen and oxygen atoms in total. The Labute approximate surface area is 107 Å². The summed E-state index contributed by atoms with van der Waals surface area (Å²) in [6.45, 7) is 1.35. The van der Waals surface area contributed by atoms with Gasteiger partial charge in [0.15, 0.2) is 5.75 Å². The van der Waals surface area contributed by atoms with E-state index in [2.05, 4.69) is 10.4 Å². The topological polar surface area (TPSA) is 48.3 Å². The van der Waals surface area contributed by atoms with Crippen LogP contribution in [0.1, 0.15) is 0 Å². The zero-order chi connectivity index (χ0) is 9.97. The molecule has 1 N–H and O–H groups in total. The first kappa shape index (κ1) is 15.5. The number of ether oxygens (including phenoxy) is 2. The highest BCUT2D eigenvalue weighted by Crippen LogP contribution is 2.15. The number of aromatic nitrogens is 2. The van der Waals surface area contributed by atoms with E-state index in [0.29, 0.717) is 13.2 Å². The van der Waals surface area contributed by atoms with E-state index in [9.17, 15) is 0 Å². The number of hydrogen-bond acceptors (Lipinski definition) is 4. The molecule has 1 saturated heterocycles. The minimum absolute atomic E-state index is 0. The fourth-order valence-corrected chi connectivity index (χ4v) is 1.55. The number of aryl methyl sites for hydroxylation is 1. The molecule has 2 atom stereocenters. The third kappa shape index (κ3) is 3.52. The highest BCUT2D eigenvalue weighted by Gasteiger charge is 2.28. The van der Waals surface area contributed by atoms with E-state index in [1.807, 2.05) is 20.3 Å². The molecule has 0 bridgehead atoms. The van der Waals surface area contributed by atoms with Gasteiger partial charge >= 0.3 is 0 Å². The SMILES string of the molecule is CN[C@@H]1COC[C@@H]1Oc1cnn(C)c1.Cl.Cl. The Morgan fingerprint density at radius 3 is 2.81 bits per heavy atom. The predicted octanol–water partition coefficient (Wildman–Crippen LogP) is 0.629. The summed E-state index contributed by atoms with van der Waals surface area (Å²) in [6, 6.07) is 0.273. The lowest BCUT2D eigenvalue weighted by Gasteiger charge is -2.17. The van der Waals surface area contributed by atoms with Crippen molar-refractivity contribution in [3.8, 4) is 5.75 Å². The Hall–Kier alpha value is -0.490. The van der Waals surface area contributed by atoms with Gasteiger partial charge < -0.3 is 14.8 Å². The molecule has 94 valence electrons. The Kier molecular flexibility index (Phi) is 6.74. The van der Waals surface area contributed by atoms with Crippen LogP contribution in [0.2, 0.25) is 0 Å². The first-order valence-electron chi connectivity index (χ1n) is 4.70. The monoisotopic (exact) mass is 269 g/mol. The summed E-state index contributed by atoms with van der Waals surface area (Å²) in [7, 11) is 3.78. The largest absolute Gasteiger partial charge is 0.483 e. The van der Waals surface area contributed by atoms with Crippen molar-refractivity contribution in [3.63, 3.8) is 0 Å². The molecule has 2 heterocycles. The van der Waals surface area contributed by atoms with E-state index in [1.165, 1.54) is 0 Å². The maximum Gasteiger partial charge on any atom is 0.157 e. The number of halogens is 2. The molecule has 1 fully saturated rings. The van der Waals surface area contributed by atoms with Crippen LogP contribution in [0.25, 0.3) is 0 Å². The van der Waals surface area contributed by atoms with Gasteiger partial charge in [-0.1, -0.05) is 0 Å². The van der Waals surface area contributed by atoms with E-state index in [1.54, 1.807) is 10.9 Å². The van der Waals surface area contributed by atoms with Crippen molar-refractivity contribution in [2.24, 2.45) is 7.05 Å².